The van der Waals surface area contributed by atoms with Crippen LogP contribution in [0.2, 0.25) is 5.02 Å². The minimum absolute atomic E-state index is 0. The molecule has 1 unspecified atom stereocenters. The Morgan fingerprint density at radius 3 is 3.00 bits per heavy atom. The number of halogens is 3. The largest absolute Gasteiger partial charge is 0.318 e. The van der Waals surface area contributed by atoms with Gasteiger partial charge in [0.2, 0.25) is 0 Å². The van der Waals surface area contributed by atoms with E-state index in [-0.39, 0.29) is 12.4 Å². The minimum atomic E-state index is 0. The van der Waals surface area contributed by atoms with E-state index in [0.29, 0.717) is 6.04 Å². The molecule has 0 saturated carbocycles. The third kappa shape index (κ3) is 4.10. The first-order chi connectivity index (χ1) is 8.20. The van der Waals surface area contributed by atoms with Gasteiger partial charge in [-0.15, -0.1) is 12.4 Å². The zero-order valence-corrected chi connectivity index (χ0v) is 13.6. The van der Waals surface area contributed by atoms with Gasteiger partial charge in [0, 0.05) is 28.6 Å². The van der Waals surface area contributed by atoms with E-state index in [2.05, 4.69) is 32.2 Å². The molecule has 2 rings (SSSR count). The number of rotatable bonds is 4. The van der Waals surface area contributed by atoms with Crippen LogP contribution in [0, 0.1) is 0 Å². The van der Waals surface area contributed by atoms with E-state index >= 15 is 0 Å². The average Bonchev–Trinajstić information content (AvgIpc) is 2.72. The van der Waals surface area contributed by atoms with Crippen LogP contribution in [0.25, 0.3) is 0 Å². The zero-order chi connectivity index (χ0) is 12.3. The van der Waals surface area contributed by atoms with Gasteiger partial charge in [0.25, 0.3) is 0 Å². The Morgan fingerprint density at radius 1 is 1.50 bits per heavy atom. The van der Waals surface area contributed by atoms with Gasteiger partial charge < -0.3 is 5.32 Å². The Balaban J connectivity index is 0.00000162. The summed E-state index contributed by atoms with van der Waals surface area (Å²) in [5.74, 6) is 0. The van der Waals surface area contributed by atoms with E-state index in [9.17, 15) is 0 Å². The fraction of sp³-hybridized carbons (Fsp3) is 0.538. The number of benzene rings is 1. The average molecular weight is 354 g/mol. The van der Waals surface area contributed by atoms with Crippen molar-refractivity contribution in [1.29, 1.82) is 0 Å². The standard InChI is InChI=1S/C13H18BrClN2.ClH/c1-16-8-12-3-2-6-17(12)9-10-7-11(15)4-5-13(10)14;/h4-5,7,12,16H,2-3,6,8-9H2,1H3;1H. The molecule has 1 fully saturated rings. The molecular formula is C13H19BrCl2N2. The molecule has 0 bridgehead atoms. The highest BCUT2D eigenvalue weighted by Gasteiger charge is 2.24. The van der Waals surface area contributed by atoms with Crippen molar-refractivity contribution in [2.45, 2.75) is 25.4 Å². The number of nitrogens with one attached hydrogen (secondary N) is 1. The highest BCUT2D eigenvalue weighted by atomic mass is 79.9. The summed E-state index contributed by atoms with van der Waals surface area (Å²) in [6, 6.07) is 6.66. The third-order valence-electron chi connectivity index (χ3n) is 3.32. The van der Waals surface area contributed by atoms with Crippen LogP contribution < -0.4 is 5.32 Å². The summed E-state index contributed by atoms with van der Waals surface area (Å²) in [7, 11) is 2.02. The topological polar surface area (TPSA) is 15.3 Å². The summed E-state index contributed by atoms with van der Waals surface area (Å²) >= 11 is 9.64. The van der Waals surface area contributed by atoms with Gasteiger partial charge in [-0.3, -0.25) is 4.90 Å². The maximum Gasteiger partial charge on any atom is 0.0410 e. The van der Waals surface area contributed by atoms with Crippen molar-refractivity contribution >= 4 is 39.9 Å². The molecule has 1 aliphatic rings. The van der Waals surface area contributed by atoms with Crippen molar-refractivity contribution in [3.8, 4) is 0 Å². The van der Waals surface area contributed by atoms with Crippen molar-refractivity contribution in [2.24, 2.45) is 0 Å². The van der Waals surface area contributed by atoms with Gasteiger partial charge in [-0.05, 0) is 50.2 Å². The predicted molar refractivity (Wildman–Crippen MR) is 83.8 cm³/mol. The molecule has 102 valence electrons. The summed E-state index contributed by atoms with van der Waals surface area (Å²) in [4.78, 5) is 2.53. The molecule has 0 amide bonds. The van der Waals surface area contributed by atoms with E-state index in [1.54, 1.807) is 0 Å². The summed E-state index contributed by atoms with van der Waals surface area (Å²) in [5, 5.41) is 4.08. The lowest BCUT2D eigenvalue weighted by Crippen LogP contribution is -2.36. The van der Waals surface area contributed by atoms with Crippen LogP contribution in [-0.2, 0) is 6.54 Å². The fourth-order valence-corrected chi connectivity index (χ4v) is 3.02. The van der Waals surface area contributed by atoms with Crippen LogP contribution >= 0.6 is 39.9 Å². The van der Waals surface area contributed by atoms with Crippen molar-refractivity contribution in [2.75, 3.05) is 20.1 Å². The molecule has 1 heterocycles. The molecule has 0 aliphatic carbocycles. The van der Waals surface area contributed by atoms with Crippen LogP contribution in [-0.4, -0.2) is 31.1 Å². The minimum Gasteiger partial charge on any atom is -0.318 e. The second-order valence-electron chi connectivity index (χ2n) is 4.56. The monoisotopic (exact) mass is 352 g/mol. The van der Waals surface area contributed by atoms with Gasteiger partial charge >= 0.3 is 0 Å². The Bertz CT molecular complexity index is 387. The van der Waals surface area contributed by atoms with E-state index < -0.39 is 0 Å². The molecule has 18 heavy (non-hydrogen) atoms. The first-order valence-electron chi connectivity index (χ1n) is 6.03. The maximum absolute atomic E-state index is 6.05. The summed E-state index contributed by atoms with van der Waals surface area (Å²) < 4.78 is 1.15. The summed E-state index contributed by atoms with van der Waals surface area (Å²) in [6.07, 6.45) is 2.59. The molecule has 0 radical (unpaired) electrons. The van der Waals surface area contributed by atoms with E-state index in [1.807, 2.05) is 19.2 Å². The lowest BCUT2D eigenvalue weighted by molar-refractivity contribution is 0.242. The molecule has 1 N–H and O–H groups in total. The van der Waals surface area contributed by atoms with Gasteiger partial charge in [0.1, 0.15) is 0 Å². The summed E-state index contributed by atoms with van der Waals surface area (Å²) in [5.41, 5.74) is 1.28. The third-order valence-corrected chi connectivity index (χ3v) is 4.33. The van der Waals surface area contributed by atoms with E-state index in [4.69, 9.17) is 11.6 Å². The molecule has 1 aliphatic heterocycles. The van der Waals surface area contributed by atoms with Crippen LogP contribution in [0.15, 0.2) is 22.7 Å². The van der Waals surface area contributed by atoms with Gasteiger partial charge in [-0.1, -0.05) is 27.5 Å². The quantitative estimate of drug-likeness (QED) is 0.887. The molecular weight excluding hydrogens is 335 g/mol. The van der Waals surface area contributed by atoms with Gasteiger partial charge in [-0.25, -0.2) is 0 Å². The second-order valence-corrected chi connectivity index (χ2v) is 5.85. The van der Waals surface area contributed by atoms with E-state index in [1.165, 1.54) is 24.9 Å². The SMILES string of the molecule is CNCC1CCCN1Cc1cc(Cl)ccc1Br.Cl. The van der Waals surface area contributed by atoms with Gasteiger partial charge in [0.15, 0.2) is 0 Å². The van der Waals surface area contributed by atoms with Crippen molar-refractivity contribution in [3.05, 3.63) is 33.3 Å². The highest BCUT2D eigenvalue weighted by molar-refractivity contribution is 9.10. The number of likely N-dealkylation sites (N-methyl/N-ethyl adjacent to an activating group) is 1. The second kappa shape index (κ2) is 7.71. The van der Waals surface area contributed by atoms with Crippen LogP contribution in [0.1, 0.15) is 18.4 Å². The first kappa shape index (κ1) is 16.3. The highest BCUT2D eigenvalue weighted by Crippen LogP contribution is 2.26. The number of hydrogen-bond donors (Lipinski definition) is 1. The lowest BCUT2D eigenvalue weighted by atomic mass is 10.2. The Labute approximate surface area is 129 Å². The molecule has 0 spiro atoms. The fourth-order valence-electron chi connectivity index (χ4n) is 2.45. The molecule has 1 aromatic rings. The molecule has 0 aromatic heterocycles. The van der Waals surface area contributed by atoms with Crippen molar-refractivity contribution in [3.63, 3.8) is 0 Å². The Kier molecular flexibility index (Phi) is 6.96. The summed E-state index contributed by atoms with van der Waals surface area (Å²) in [6.45, 7) is 3.23. The van der Waals surface area contributed by atoms with Gasteiger partial charge in [-0.2, -0.15) is 0 Å². The molecule has 1 aromatic carbocycles. The normalized spacial score (nSPS) is 19.8. The van der Waals surface area contributed by atoms with Crippen LogP contribution in [0.4, 0.5) is 0 Å². The Morgan fingerprint density at radius 2 is 2.28 bits per heavy atom. The molecule has 5 heteroatoms. The van der Waals surface area contributed by atoms with Gasteiger partial charge in [0.05, 0.1) is 0 Å². The number of likely N-dealkylation sites (tertiary alicyclic amines) is 1. The molecule has 1 saturated heterocycles. The predicted octanol–water partition coefficient (Wildman–Crippen LogP) is 3.71. The smallest absolute Gasteiger partial charge is 0.0410 e. The van der Waals surface area contributed by atoms with Crippen LogP contribution in [0.3, 0.4) is 0 Å². The van der Waals surface area contributed by atoms with E-state index in [0.717, 1.165) is 22.6 Å². The molecule has 2 nitrogen and oxygen atoms in total. The molecule has 1 atom stereocenters. The first-order valence-corrected chi connectivity index (χ1v) is 7.20. The van der Waals surface area contributed by atoms with Crippen molar-refractivity contribution < 1.29 is 0 Å². The Hall–Kier alpha value is 0.200. The zero-order valence-electron chi connectivity index (χ0n) is 10.5. The van der Waals surface area contributed by atoms with Crippen molar-refractivity contribution in [1.82, 2.24) is 10.2 Å². The lowest BCUT2D eigenvalue weighted by Gasteiger charge is -2.24. The van der Waals surface area contributed by atoms with Crippen LogP contribution in [0.5, 0.6) is 0 Å². The number of hydrogen-bond acceptors (Lipinski definition) is 2. The maximum atomic E-state index is 6.05. The number of nitrogens with zero attached hydrogens (tertiary/aromatic N) is 1.